The number of carbonyl (C=O) groups is 1. The summed E-state index contributed by atoms with van der Waals surface area (Å²) < 4.78 is 0. The van der Waals surface area contributed by atoms with E-state index in [2.05, 4.69) is 0 Å². The number of nitrogens with two attached hydrogens (primary N) is 1. The highest BCUT2D eigenvalue weighted by atomic mass is 35.5. The molecule has 1 aromatic rings. The highest BCUT2D eigenvalue weighted by Gasteiger charge is 2.19. The van der Waals surface area contributed by atoms with E-state index in [1.807, 2.05) is 31.2 Å². The minimum atomic E-state index is -0.472. The van der Waals surface area contributed by atoms with Gasteiger partial charge in [0.25, 0.3) is 0 Å². The third-order valence-electron chi connectivity index (χ3n) is 2.67. The average Bonchev–Trinajstić information content (AvgIpc) is 2.27. The predicted molar refractivity (Wildman–Crippen MR) is 66.3 cm³/mol. The van der Waals surface area contributed by atoms with Crippen molar-refractivity contribution in [1.82, 2.24) is 4.90 Å². The molecular weight excluding hydrogens is 224 g/mol. The molecule has 88 valence electrons. The summed E-state index contributed by atoms with van der Waals surface area (Å²) >= 11 is 5.81. The standard InChI is InChI=1S/C12H17ClN2O/c1-8(14)12(16)15(3)9(2)10-4-6-11(13)7-5-10/h4-9H,14H2,1-3H3. The van der Waals surface area contributed by atoms with E-state index in [0.29, 0.717) is 5.02 Å². The van der Waals surface area contributed by atoms with Gasteiger partial charge in [-0.15, -0.1) is 0 Å². The van der Waals surface area contributed by atoms with Crippen LogP contribution in [-0.4, -0.2) is 23.9 Å². The molecule has 4 heteroatoms. The van der Waals surface area contributed by atoms with Gasteiger partial charge in [-0.05, 0) is 31.5 Å². The first-order valence-electron chi connectivity index (χ1n) is 5.21. The summed E-state index contributed by atoms with van der Waals surface area (Å²) in [6, 6.07) is 6.99. The minimum absolute atomic E-state index is 0.00392. The second-order valence-electron chi connectivity index (χ2n) is 3.97. The summed E-state index contributed by atoms with van der Waals surface area (Å²) in [4.78, 5) is 13.3. The predicted octanol–water partition coefficient (Wildman–Crippen LogP) is 2.21. The first kappa shape index (κ1) is 13.0. The second kappa shape index (κ2) is 5.32. The smallest absolute Gasteiger partial charge is 0.239 e. The van der Waals surface area contributed by atoms with Gasteiger partial charge in [-0.1, -0.05) is 23.7 Å². The Labute approximate surface area is 101 Å². The Hall–Kier alpha value is -1.06. The molecule has 1 aromatic carbocycles. The van der Waals surface area contributed by atoms with Gasteiger partial charge in [0.1, 0.15) is 0 Å². The number of amides is 1. The Bertz CT molecular complexity index is 362. The Balaban J connectivity index is 2.81. The number of benzene rings is 1. The molecule has 0 fully saturated rings. The molecule has 0 spiro atoms. The highest BCUT2D eigenvalue weighted by molar-refractivity contribution is 6.30. The van der Waals surface area contributed by atoms with E-state index in [1.54, 1.807) is 18.9 Å². The number of hydrogen-bond donors (Lipinski definition) is 1. The van der Waals surface area contributed by atoms with Crippen LogP contribution in [0.4, 0.5) is 0 Å². The van der Waals surface area contributed by atoms with Crippen molar-refractivity contribution in [3.05, 3.63) is 34.9 Å². The topological polar surface area (TPSA) is 46.3 Å². The van der Waals surface area contributed by atoms with Crippen LogP contribution < -0.4 is 5.73 Å². The normalized spacial score (nSPS) is 14.3. The molecule has 0 heterocycles. The lowest BCUT2D eigenvalue weighted by Gasteiger charge is -2.26. The Morgan fingerprint density at radius 2 is 1.81 bits per heavy atom. The summed E-state index contributed by atoms with van der Waals surface area (Å²) in [5, 5.41) is 0.692. The third-order valence-corrected chi connectivity index (χ3v) is 2.92. The summed E-state index contributed by atoms with van der Waals surface area (Å²) in [5.74, 6) is -0.0672. The van der Waals surface area contributed by atoms with Gasteiger partial charge in [0, 0.05) is 12.1 Å². The molecule has 0 aliphatic heterocycles. The van der Waals surface area contributed by atoms with Crippen LogP contribution >= 0.6 is 11.6 Å². The second-order valence-corrected chi connectivity index (χ2v) is 4.40. The van der Waals surface area contributed by atoms with Gasteiger partial charge in [0.2, 0.25) is 5.91 Å². The van der Waals surface area contributed by atoms with Crippen molar-refractivity contribution in [2.45, 2.75) is 25.9 Å². The number of likely N-dealkylation sites (N-methyl/N-ethyl adjacent to an activating group) is 1. The average molecular weight is 241 g/mol. The molecule has 0 aromatic heterocycles. The molecular formula is C12H17ClN2O. The van der Waals surface area contributed by atoms with Crippen LogP contribution in [0.1, 0.15) is 25.5 Å². The van der Waals surface area contributed by atoms with Crippen LogP contribution in [0.15, 0.2) is 24.3 Å². The van der Waals surface area contributed by atoms with Gasteiger partial charge in [-0.2, -0.15) is 0 Å². The van der Waals surface area contributed by atoms with Gasteiger partial charge in [-0.3, -0.25) is 4.79 Å². The molecule has 0 bridgehead atoms. The SMILES string of the molecule is CC(N)C(=O)N(C)C(C)c1ccc(Cl)cc1. The molecule has 2 N–H and O–H groups in total. The molecule has 16 heavy (non-hydrogen) atoms. The summed E-state index contributed by atoms with van der Waals surface area (Å²) in [6.45, 7) is 3.65. The summed E-state index contributed by atoms with van der Waals surface area (Å²) in [7, 11) is 1.75. The molecule has 1 amide bonds. The van der Waals surface area contributed by atoms with Gasteiger partial charge in [0.15, 0.2) is 0 Å². The monoisotopic (exact) mass is 240 g/mol. The number of rotatable bonds is 3. The van der Waals surface area contributed by atoms with E-state index in [-0.39, 0.29) is 11.9 Å². The molecule has 0 aliphatic carbocycles. The Kier molecular flexibility index (Phi) is 4.33. The zero-order valence-corrected chi connectivity index (χ0v) is 10.5. The molecule has 0 saturated carbocycles. The maximum Gasteiger partial charge on any atom is 0.239 e. The Morgan fingerprint density at radius 1 is 1.31 bits per heavy atom. The number of nitrogens with zero attached hydrogens (tertiary/aromatic N) is 1. The maximum atomic E-state index is 11.7. The highest BCUT2D eigenvalue weighted by Crippen LogP contribution is 2.21. The fourth-order valence-corrected chi connectivity index (χ4v) is 1.60. The van der Waals surface area contributed by atoms with Crippen LogP contribution in [0.5, 0.6) is 0 Å². The number of hydrogen-bond acceptors (Lipinski definition) is 2. The summed E-state index contributed by atoms with van der Waals surface area (Å²) in [5.41, 5.74) is 6.61. The first-order valence-corrected chi connectivity index (χ1v) is 5.59. The summed E-state index contributed by atoms with van der Waals surface area (Å²) in [6.07, 6.45) is 0. The van der Waals surface area contributed by atoms with Crippen molar-refractivity contribution in [1.29, 1.82) is 0 Å². The van der Waals surface area contributed by atoms with E-state index >= 15 is 0 Å². The molecule has 3 nitrogen and oxygen atoms in total. The van der Waals surface area contributed by atoms with E-state index in [1.165, 1.54) is 0 Å². The third kappa shape index (κ3) is 2.97. The number of carbonyl (C=O) groups excluding carboxylic acids is 1. The Morgan fingerprint density at radius 3 is 2.25 bits per heavy atom. The lowest BCUT2D eigenvalue weighted by atomic mass is 10.1. The van der Waals surface area contributed by atoms with Crippen LogP contribution in [0.25, 0.3) is 0 Å². The van der Waals surface area contributed by atoms with Crippen molar-refractivity contribution in [2.75, 3.05) is 7.05 Å². The van der Waals surface area contributed by atoms with Gasteiger partial charge in [0.05, 0.1) is 12.1 Å². The van der Waals surface area contributed by atoms with Crippen molar-refractivity contribution in [2.24, 2.45) is 5.73 Å². The van der Waals surface area contributed by atoms with Crippen molar-refractivity contribution >= 4 is 17.5 Å². The van der Waals surface area contributed by atoms with Crippen molar-refractivity contribution in [3.63, 3.8) is 0 Å². The largest absolute Gasteiger partial charge is 0.338 e. The van der Waals surface area contributed by atoms with Crippen molar-refractivity contribution < 1.29 is 4.79 Å². The molecule has 0 aliphatic rings. The minimum Gasteiger partial charge on any atom is -0.338 e. The van der Waals surface area contributed by atoms with Crippen LogP contribution in [-0.2, 0) is 4.79 Å². The molecule has 0 radical (unpaired) electrons. The van der Waals surface area contributed by atoms with Crippen LogP contribution in [0.2, 0.25) is 5.02 Å². The maximum absolute atomic E-state index is 11.7. The van der Waals surface area contributed by atoms with Gasteiger partial charge < -0.3 is 10.6 Å². The van der Waals surface area contributed by atoms with E-state index < -0.39 is 6.04 Å². The lowest BCUT2D eigenvalue weighted by molar-refractivity contribution is -0.132. The molecule has 2 unspecified atom stereocenters. The fourth-order valence-electron chi connectivity index (χ4n) is 1.48. The fraction of sp³-hybridized carbons (Fsp3) is 0.417. The van der Waals surface area contributed by atoms with E-state index in [4.69, 9.17) is 17.3 Å². The van der Waals surface area contributed by atoms with Gasteiger partial charge in [-0.25, -0.2) is 0 Å². The zero-order valence-electron chi connectivity index (χ0n) is 9.77. The van der Waals surface area contributed by atoms with E-state index in [0.717, 1.165) is 5.56 Å². The van der Waals surface area contributed by atoms with Gasteiger partial charge >= 0.3 is 0 Å². The lowest BCUT2D eigenvalue weighted by Crippen LogP contribution is -2.40. The van der Waals surface area contributed by atoms with Crippen LogP contribution in [0.3, 0.4) is 0 Å². The van der Waals surface area contributed by atoms with Crippen molar-refractivity contribution in [3.8, 4) is 0 Å². The van der Waals surface area contributed by atoms with E-state index in [9.17, 15) is 4.79 Å². The number of halogens is 1. The molecule has 0 saturated heterocycles. The molecule has 1 rings (SSSR count). The molecule has 2 atom stereocenters. The zero-order chi connectivity index (χ0) is 12.3. The first-order chi connectivity index (χ1) is 7.43. The quantitative estimate of drug-likeness (QED) is 0.881. The van der Waals surface area contributed by atoms with Crippen LogP contribution in [0, 0.1) is 0 Å².